The van der Waals surface area contributed by atoms with Crippen molar-refractivity contribution in [2.24, 2.45) is 11.7 Å². The number of nitrogens with two attached hydrogens (primary N) is 1. The Morgan fingerprint density at radius 2 is 1.74 bits per heavy atom. The average Bonchev–Trinajstić information content (AvgIpc) is 2.43. The number of aryl methyl sites for hydroxylation is 1. The largest absolute Gasteiger partial charge is 0.323 e. The van der Waals surface area contributed by atoms with Gasteiger partial charge in [0.05, 0.1) is 5.25 Å². The summed E-state index contributed by atoms with van der Waals surface area (Å²) >= 11 is 0. The van der Waals surface area contributed by atoms with Crippen LogP contribution in [-0.2, 0) is 17.2 Å². The van der Waals surface area contributed by atoms with E-state index in [0.717, 1.165) is 24.2 Å². The first kappa shape index (κ1) is 16.4. The Labute approximate surface area is 120 Å². The van der Waals surface area contributed by atoms with Gasteiger partial charge in [0, 0.05) is 22.6 Å². The molecule has 0 radical (unpaired) electrons. The van der Waals surface area contributed by atoms with Crippen LogP contribution in [0, 0.1) is 5.92 Å². The summed E-state index contributed by atoms with van der Waals surface area (Å²) in [6, 6.07) is 8.22. The third kappa shape index (κ3) is 5.07. The van der Waals surface area contributed by atoms with E-state index in [4.69, 9.17) is 5.73 Å². The highest BCUT2D eigenvalue weighted by molar-refractivity contribution is 7.85. The number of benzene rings is 1. The lowest BCUT2D eigenvalue weighted by molar-refractivity contribution is 0.606. The monoisotopic (exact) mass is 281 g/mol. The van der Waals surface area contributed by atoms with Crippen molar-refractivity contribution in [3.8, 4) is 0 Å². The molecule has 0 aliphatic heterocycles. The Morgan fingerprint density at radius 1 is 1.16 bits per heavy atom. The van der Waals surface area contributed by atoms with Crippen molar-refractivity contribution >= 4 is 10.8 Å². The molecule has 19 heavy (non-hydrogen) atoms. The van der Waals surface area contributed by atoms with Gasteiger partial charge in [-0.25, -0.2) is 0 Å². The maximum Gasteiger partial charge on any atom is 0.0512 e. The normalized spacial score (nSPS) is 16.3. The van der Waals surface area contributed by atoms with Crippen LogP contribution in [0.4, 0.5) is 0 Å². The van der Waals surface area contributed by atoms with E-state index in [0.29, 0.717) is 5.92 Å². The van der Waals surface area contributed by atoms with Crippen LogP contribution in [0.3, 0.4) is 0 Å². The standard InChI is InChI=1S/C16H27NOS/c1-5-14-6-8-15(9-7-14)16(17)13(4)19(18)11-10-12(2)3/h6-9,12-13,16H,5,10-11,17H2,1-4H3. The van der Waals surface area contributed by atoms with Gasteiger partial charge in [-0.1, -0.05) is 45.0 Å². The zero-order chi connectivity index (χ0) is 14.4. The smallest absolute Gasteiger partial charge is 0.0512 e. The van der Waals surface area contributed by atoms with E-state index in [1.54, 1.807) is 0 Å². The second kappa shape index (κ2) is 7.81. The molecular formula is C16H27NOS. The first-order chi connectivity index (χ1) is 8.95. The molecule has 0 spiro atoms. The topological polar surface area (TPSA) is 43.1 Å². The Hall–Kier alpha value is -0.670. The summed E-state index contributed by atoms with van der Waals surface area (Å²) in [5.74, 6) is 1.34. The van der Waals surface area contributed by atoms with Gasteiger partial charge in [0.2, 0.25) is 0 Å². The average molecular weight is 281 g/mol. The molecule has 3 atom stereocenters. The van der Waals surface area contributed by atoms with E-state index in [9.17, 15) is 4.21 Å². The molecule has 0 aromatic heterocycles. The van der Waals surface area contributed by atoms with Gasteiger partial charge in [-0.3, -0.25) is 4.21 Å². The summed E-state index contributed by atoms with van der Waals surface area (Å²) in [5.41, 5.74) is 8.64. The first-order valence-electron chi connectivity index (χ1n) is 7.17. The first-order valence-corrected chi connectivity index (χ1v) is 8.55. The fraction of sp³-hybridized carbons (Fsp3) is 0.625. The zero-order valence-corrected chi connectivity index (χ0v) is 13.4. The van der Waals surface area contributed by atoms with Gasteiger partial charge in [0.25, 0.3) is 0 Å². The molecule has 0 saturated heterocycles. The van der Waals surface area contributed by atoms with Crippen LogP contribution >= 0.6 is 0 Å². The van der Waals surface area contributed by atoms with Crippen molar-refractivity contribution in [3.63, 3.8) is 0 Å². The van der Waals surface area contributed by atoms with Crippen molar-refractivity contribution in [3.05, 3.63) is 35.4 Å². The van der Waals surface area contributed by atoms with Crippen LogP contribution in [0.25, 0.3) is 0 Å². The molecule has 2 N–H and O–H groups in total. The minimum Gasteiger partial charge on any atom is -0.323 e. The molecule has 2 nitrogen and oxygen atoms in total. The van der Waals surface area contributed by atoms with E-state index >= 15 is 0 Å². The lowest BCUT2D eigenvalue weighted by Crippen LogP contribution is -2.29. The molecular weight excluding hydrogens is 254 g/mol. The van der Waals surface area contributed by atoms with Gasteiger partial charge < -0.3 is 5.73 Å². The highest BCUT2D eigenvalue weighted by Gasteiger charge is 2.20. The third-order valence-corrected chi connectivity index (χ3v) is 5.35. The van der Waals surface area contributed by atoms with Crippen molar-refractivity contribution in [2.75, 3.05) is 5.75 Å². The van der Waals surface area contributed by atoms with Gasteiger partial charge in [-0.05, 0) is 36.8 Å². The van der Waals surface area contributed by atoms with Crippen LogP contribution in [0.2, 0.25) is 0 Å². The van der Waals surface area contributed by atoms with Gasteiger partial charge in [0.1, 0.15) is 0 Å². The Kier molecular flexibility index (Phi) is 6.73. The summed E-state index contributed by atoms with van der Waals surface area (Å²) in [6.45, 7) is 8.45. The fourth-order valence-electron chi connectivity index (χ4n) is 1.95. The predicted octanol–water partition coefficient (Wildman–Crippen LogP) is 3.43. The molecule has 1 aromatic rings. The lowest BCUT2D eigenvalue weighted by Gasteiger charge is -2.20. The lowest BCUT2D eigenvalue weighted by atomic mass is 10.0. The summed E-state index contributed by atoms with van der Waals surface area (Å²) in [4.78, 5) is 0. The molecule has 1 rings (SSSR count). The van der Waals surface area contributed by atoms with Crippen molar-refractivity contribution in [1.29, 1.82) is 0 Å². The molecule has 0 aliphatic carbocycles. The molecule has 0 bridgehead atoms. The molecule has 108 valence electrons. The van der Waals surface area contributed by atoms with Crippen LogP contribution < -0.4 is 5.73 Å². The van der Waals surface area contributed by atoms with Gasteiger partial charge >= 0.3 is 0 Å². The Morgan fingerprint density at radius 3 is 2.21 bits per heavy atom. The molecule has 0 saturated carbocycles. The molecule has 0 heterocycles. The summed E-state index contributed by atoms with van der Waals surface area (Å²) in [6.07, 6.45) is 2.03. The van der Waals surface area contributed by atoms with Crippen LogP contribution in [0.1, 0.15) is 51.3 Å². The quantitative estimate of drug-likeness (QED) is 0.832. The number of hydrogen-bond donors (Lipinski definition) is 1. The number of hydrogen-bond acceptors (Lipinski definition) is 2. The second-order valence-corrected chi connectivity index (χ2v) is 7.51. The maximum atomic E-state index is 12.2. The summed E-state index contributed by atoms with van der Waals surface area (Å²) < 4.78 is 12.2. The van der Waals surface area contributed by atoms with Gasteiger partial charge in [-0.15, -0.1) is 0 Å². The van der Waals surface area contributed by atoms with Crippen LogP contribution in [0.5, 0.6) is 0 Å². The molecule has 3 heteroatoms. The fourth-order valence-corrected chi connectivity index (χ4v) is 3.51. The minimum atomic E-state index is -0.848. The van der Waals surface area contributed by atoms with E-state index in [1.807, 2.05) is 6.92 Å². The maximum absolute atomic E-state index is 12.2. The van der Waals surface area contributed by atoms with Crippen molar-refractivity contribution < 1.29 is 4.21 Å². The Balaban J connectivity index is 2.64. The Bertz CT molecular complexity index is 400. The SMILES string of the molecule is CCc1ccc(C(N)C(C)S(=O)CCC(C)C)cc1. The van der Waals surface area contributed by atoms with Gasteiger partial charge in [-0.2, -0.15) is 0 Å². The van der Waals surface area contributed by atoms with E-state index in [1.165, 1.54) is 5.56 Å². The second-order valence-electron chi connectivity index (χ2n) is 5.59. The van der Waals surface area contributed by atoms with E-state index in [-0.39, 0.29) is 11.3 Å². The van der Waals surface area contributed by atoms with Crippen molar-refractivity contribution in [1.82, 2.24) is 0 Å². The molecule has 1 aromatic carbocycles. The summed E-state index contributed by atoms with van der Waals surface area (Å²) in [5, 5.41) is 0.00577. The minimum absolute atomic E-state index is 0.00577. The van der Waals surface area contributed by atoms with Gasteiger partial charge in [0.15, 0.2) is 0 Å². The van der Waals surface area contributed by atoms with Crippen molar-refractivity contribution in [2.45, 2.75) is 51.8 Å². The van der Waals surface area contributed by atoms with E-state index < -0.39 is 10.8 Å². The van der Waals surface area contributed by atoms with Crippen LogP contribution in [-0.4, -0.2) is 15.2 Å². The third-order valence-electron chi connectivity index (χ3n) is 3.59. The number of rotatable bonds is 7. The summed E-state index contributed by atoms with van der Waals surface area (Å²) in [7, 11) is -0.848. The zero-order valence-electron chi connectivity index (χ0n) is 12.6. The molecule has 0 aliphatic rings. The molecule has 3 unspecified atom stereocenters. The predicted molar refractivity (Wildman–Crippen MR) is 84.7 cm³/mol. The van der Waals surface area contributed by atoms with E-state index in [2.05, 4.69) is 45.0 Å². The molecule has 0 amide bonds. The highest BCUT2D eigenvalue weighted by atomic mass is 32.2. The van der Waals surface area contributed by atoms with Crippen LogP contribution in [0.15, 0.2) is 24.3 Å². The highest BCUT2D eigenvalue weighted by Crippen LogP contribution is 2.20. The molecule has 0 fully saturated rings.